The maximum absolute atomic E-state index is 13.1. The lowest BCUT2D eigenvalue weighted by molar-refractivity contribution is -0.121. The Bertz CT molecular complexity index is 870. The largest absolute Gasteiger partial charge is 0.422 e. The normalized spacial score (nSPS) is 22.9. The van der Waals surface area contributed by atoms with Crippen molar-refractivity contribution in [2.24, 2.45) is 17.6 Å². The van der Waals surface area contributed by atoms with Crippen molar-refractivity contribution in [1.82, 2.24) is 4.90 Å². The Morgan fingerprint density at radius 1 is 1.33 bits per heavy atom. The molecule has 1 aliphatic heterocycles. The van der Waals surface area contributed by atoms with Crippen molar-refractivity contribution in [2.45, 2.75) is 64.7 Å². The van der Waals surface area contributed by atoms with Crippen LogP contribution in [0.3, 0.4) is 0 Å². The van der Waals surface area contributed by atoms with E-state index in [0.717, 1.165) is 37.7 Å². The smallest absolute Gasteiger partial charge is 0.254 e. The fourth-order valence-corrected chi connectivity index (χ4v) is 4.39. The molecular formula is C22H29FN4O3. The zero-order valence-electron chi connectivity index (χ0n) is 17.4. The summed E-state index contributed by atoms with van der Waals surface area (Å²) in [5.41, 5.74) is 7.16. The SMILES string of the molecule is CC(F)C(=N)OC(=N)c1ccc2c(c1)C(=O)N([C@@H]1CCCC(CC(C)C(N)=O)C1)C2. The summed E-state index contributed by atoms with van der Waals surface area (Å²) in [5.74, 6) is -1.15. The molecule has 4 atom stereocenters. The molecular weight excluding hydrogens is 387 g/mol. The van der Waals surface area contributed by atoms with Crippen LogP contribution in [-0.2, 0) is 16.1 Å². The monoisotopic (exact) mass is 416 g/mol. The first-order valence-corrected chi connectivity index (χ1v) is 10.4. The van der Waals surface area contributed by atoms with Crippen LogP contribution in [-0.4, -0.2) is 40.7 Å². The van der Waals surface area contributed by atoms with Crippen LogP contribution in [0.15, 0.2) is 18.2 Å². The zero-order chi connectivity index (χ0) is 22.0. The number of ether oxygens (including phenoxy) is 1. The highest BCUT2D eigenvalue weighted by molar-refractivity contribution is 6.04. The second-order valence-corrected chi connectivity index (χ2v) is 8.44. The number of alkyl halides is 1. The fourth-order valence-electron chi connectivity index (χ4n) is 4.39. The number of amides is 2. The van der Waals surface area contributed by atoms with E-state index in [-0.39, 0.29) is 29.7 Å². The summed E-state index contributed by atoms with van der Waals surface area (Å²) < 4.78 is 18.1. The number of hydrogen-bond donors (Lipinski definition) is 3. The van der Waals surface area contributed by atoms with Gasteiger partial charge in [-0.15, -0.1) is 0 Å². The highest BCUT2D eigenvalue weighted by atomic mass is 19.1. The third-order valence-corrected chi connectivity index (χ3v) is 6.15. The van der Waals surface area contributed by atoms with Gasteiger partial charge in [-0.3, -0.25) is 20.4 Å². The minimum atomic E-state index is -1.60. The van der Waals surface area contributed by atoms with Crippen molar-refractivity contribution >= 4 is 23.6 Å². The van der Waals surface area contributed by atoms with Crippen LogP contribution in [0.4, 0.5) is 4.39 Å². The number of fused-ring (bicyclic) bond motifs is 1. The third-order valence-electron chi connectivity index (χ3n) is 6.15. The van der Waals surface area contributed by atoms with Gasteiger partial charge in [0.15, 0.2) is 6.17 Å². The van der Waals surface area contributed by atoms with E-state index < -0.39 is 12.1 Å². The number of nitrogens with zero attached hydrogens (tertiary/aromatic N) is 1. The van der Waals surface area contributed by atoms with Gasteiger partial charge in [0.25, 0.3) is 5.91 Å². The Morgan fingerprint density at radius 2 is 2.07 bits per heavy atom. The summed E-state index contributed by atoms with van der Waals surface area (Å²) in [6.07, 6.45) is 2.98. The zero-order valence-corrected chi connectivity index (χ0v) is 17.4. The van der Waals surface area contributed by atoms with Crippen LogP contribution in [0.5, 0.6) is 0 Å². The maximum Gasteiger partial charge on any atom is 0.254 e. The lowest BCUT2D eigenvalue weighted by Gasteiger charge is -2.36. The predicted octanol–water partition coefficient (Wildman–Crippen LogP) is 3.39. The molecule has 0 aromatic heterocycles. The lowest BCUT2D eigenvalue weighted by atomic mass is 9.80. The summed E-state index contributed by atoms with van der Waals surface area (Å²) in [6, 6.07) is 5.15. The number of rotatable bonds is 6. The predicted molar refractivity (Wildman–Crippen MR) is 111 cm³/mol. The number of halogens is 1. The molecule has 1 saturated carbocycles. The van der Waals surface area contributed by atoms with E-state index in [9.17, 15) is 14.0 Å². The quantitative estimate of drug-likeness (QED) is 0.487. The van der Waals surface area contributed by atoms with Crippen LogP contribution in [0, 0.1) is 22.7 Å². The number of carbonyl (C=O) groups excluding carboxylic acids is 2. The van der Waals surface area contributed by atoms with Crippen LogP contribution >= 0.6 is 0 Å². The van der Waals surface area contributed by atoms with Gasteiger partial charge < -0.3 is 15.4 Å². The van der Waals surface area contributed by atoms with Gasteiger partial charge in [-0.2, -0.15) is 0 Å². The molecule has 0 radical (unpaired) electrons. The molecule has 1 aromatic rings. The number of benzene rings is 1. The van der Waals surface area contributed by atoms with Crippen molar-refractivity contribution < 1.29 is 18.7 Å². The van der Waals surface area contributed by atoms with E-state index in [1.807, 2.05) is 11.8 Å². The van der Waals surface area contributed by atoms with E-state index in [0.29, 0.717) is 23.6 Å². The lowest BCUT2D eigenvalue weighted by Crippen LogP contribution is -2.39. The number of hydrogen-bond acceptors (Lipinski definition) is 5. The van der Waals surface area contributed by atoms with Gasteiger partial charge in [0.2, 0.25) is 17.7 Å². The molecule has 3 rings (SSSR count). The van der Waals surface area contributed by atoms with Gasteiger partial charge in [-0.05, 0) is 49.8 Å². The molecule has 30 heavy (non-hydrogen) atoms. The molecule has 0 saturated heterocycles. The fraction of sp³-hybridized carbons (Fsp3) is 0.545. The molecule has 8 heteroatoms. The molecule has 0 bridgehead atoms. The minimum absolute atomic E-state index is 0.0813. The summed E-state index contributed by atoms with van der Waals surface area (Å²) >= 11 is 0. The van der Waals surface area contributed by atoms with Crippen molar-refractivity contribution in [1.29, 1.82) is 10.8 Å². The Kier molecular flexibility index (Phi) is 6.53. The van der Waals surface area contributed by atoms with Gasteiger partial charge in [0.1, 0.15) is 0 Å². The molecule has 1 heterocycles. The maximum atomic E-state index is 13.1. The van der Waals surface area contributed by atoms with Crippen LogP contribution in [0.25, 0.3) is 0 Å². The number of nitrogens with one attached hydrogen (secondary N) is 2. The molecule has 2 aliphatic rings. The summed E-state index contributed by atoms with van der Waals surface area (Å²) in [6.45, 7) is 3.54. The molecule has 162 valence electrons. The summed E-state index contributed by atoms with van der Waals surface area (Å²) in [7, 11) is 0. The van der Waals surface area contributed by atoms with E-state index >= 15 is 0 Å². The minimum Gasteiger partial charge on any atom is -0.422 e. The van der Waals surface area contributed by atoms with Gasteiger partial charge in [0, 0.05) is 29.6 Å². The Labute approximate surface area is 175 Å². The van der Waals surface area contributed by atoms with E-state index in [4.69, 9.17) is 21.3 Å². The van der Waals surface area contributed by atoms with Crippen molar-refractivity contribution in [2.75, 3.05) is 0 Å². The van der Waals surface area contributed by atoms with Crippen molar-refractivity contribution in [3.05, 3.63) is 34.9 Å². The van der Waals surface area contributed by atoms with Gasteiger partial charge in [-0.1, -0.05) is 25.8 Å². The Balaban J connectivity index is 1.69. The van der Waals surface area contributed by atoms with E-state index in [1.165, 1.54) is 6.92 Å². The first kappa shape index (κ1) is 21.9. The number of nitrogens with two attached hydrogens (primary N) is 1. The first-order valence-electron chi connectivity index (χ1n) is 10.4. The second-order valence-electron chi connectivity index (χ2n) is 8.44. The number of carbonyl (C=O) groups is 2. The van der Waals surface area contributed by atoms with Crippen molar-refractivity contribution in [3.63, 3.8) is 0 Å². The summed E-state index contributed by atoms with van der Waals surface area (Å²) in [4.78, 5) is 26.4. The first-order chi connectivity index (χ1) is 14.2. The molecule has 0 spiro atoms. The molecule has 4 N–H and O–H groups in total. The average Bonchev–Trinajstić information content (AvgIpc) is 3.04. The van der Waals surface area contributed by atoms with Crippen LogP contribution in [0.1, 0.15) is 67.4 Å². The highest BCUT2D eigenvalue weighted by Crippen LogP contribution is 2.36. The van der Waals surface area contributed by atoms with Crippen molar-refractivity contribution in [3.8, 4) is 0 Å². The van der Waals surface area contributed by atoms with E-state index in [1.54, 1.807) is 18.2 Å². The van der Waals surface area contributed by atoms with Gasteiger partial charge in [-0.25, -0.2) is 4.39 Å². The Hall–Kier alpha value is -2.77. The average molecular weight is 416 g/mol. The number of primary amides is 1. The standard InChI is InChI=1S/C22H29FN4O3/c1-12(19(24)28)8-14-4-3-5-17(9-14)27-11-16-7-6-15(10-18(16)22(27)29)21(26)30-20(25)13(2)23/h6-7,10,12-14,17,25-26H,3-5,8-9,11H2,1-2H3,(H2,24,28)/t12?,13?,14?,17-/m1/s1. The van der Waals surface area contributed by atoms with Crippen LogP contribution < -0.4 is 5.73 Å². The molecule has 2 amide bonds. The molecule has 1 fully saturated rings. The molecule has 1 aromatic carbocycles. The second kappa shape index (κ2) is 8.93. The highest BCUT2D eigenvalue weighted by Gasteiger charge is 2.36. The van der Waals surface area contributed by atoms with Crippen LogP contribution in [0.2, 0.25) is 0 Å². The van der Waals surface area contributed by atoms with Gasteiger partial charge in [0.05, 0.1) is 0 Å². The molecule has 1 aliphatic carbocycles. The summed E-state index contributed by atoms with van der Waals surface area (Å²) in [5, 5.41) is 15.4. The Morgan fingerprint density at radius 3 is 2.73 bits per heavy atom. The van der Waals surface area contributed by atoms with Gasteiger partial charge >= 0.3 is 0 Å². The topological polar surface area (TPSA) is 120 Å². The molecule has 3 unspecified atom stereocenters. The van der Waals surface area contributed by atoms with E-state index in [2.05, 4.69) is 0 Å². The molecule has 7 nitrogen and oxygen atoms in total. The third kappa shape index (κ3) is 4.68.